The molecule has 0 atom stereocenters. The van der Waals surface area contributed by atoms with Gasteiger partial charge in [0, 0.05) is 29.7 Å². The molecule has 0 saturated carbocycles. The van der Waals surface area contributed by atoms with Crippen LogP contribution in [0.2, 0.25) is 0 Å². The molecule has 0 aliphatic rings. The largest absolute Gasteiger partial charge is 0.497 e. The average Bonchev–Trinajstić information content (AvgIpc) is 2.62. The number of nitrogens with one attached hydrogen (secondary N) is 1. The molecule has 2 aromatic heterocycles. The second kappa shape index (κ2) is 6.87. The number of pyridine rings is 1. The zero-order valence-corrected chi connectivity index (χ0v) is 13.4. The molecule has 2 heterocycles. The summed E-state index contributed by atoms with van der Waals surface area (Å²) in [5, 5.41) is 2.83. The van der Waals surface area contributed by atoms with E-state index in [1.54, 1.807) is 25.4 Å². The second-order valence-corrected chi connectivity index (χ2v) is 5.10. The van der Waals surface area contributed by atoms with E-state index in [0.29, 0.717) is 17.3 Å². The van der Waals surface area contributed by atoms with Gasteiger partial charge in [0.15, 0.2) is 0 Å². The van der Waals surface area contributed by atoms with Gasteiger partial charge in [0.25, 0.3) is 5.91 Å². The summed E-state index contributed by atoms with van der Waals surface area (Å²) in [4.78, 5) is 24.9. The smallest absolute Gasteiger partial charge is 0.274 e. The number of aryl methyl sites for hydroxylation is 1. The predicted molar refractivity (Wildman–Crippen MR) is 90.9 cm³/mol. The lowest BCUT2D eigenvalue weighted by atomic mass is 10.1. The van der Waals surface area contributed by atoms with Crippen LogP contribution in [0, 0.1) is 6.92 Å². The van der Waals surface area contributed by atoms with Crippen molar-refractivity contribution in [3.63, 3.8) is 0 Å². The standard InChI is InChI=1S/C18H16N4O2/c1-12-19-9-7-16(21-12)13-4-3-5-14(10-13)22-18(23)17-11-15(24-2)6-8-20-17/h3-11H,1-2H3,(H,22,23). The fourth-order valence-electron chi connectivity index (χ4n) is 2.23. The van der Waals surface area contributed by atoms with Crippen LogP contribution < -0.4 is 10.1 Å². The Morgan fingerprint density at radius 3 is 2.71 bits per heavy atom. The molecule has 3 aromatic rings. The van der Waals surface area contributed by atoms with Gasteiger partial charge in [0.1, 0.15) is 17.3 Å². The van der Waals surface area contributed by atoms with E-state index < -0.39 is 0 Å². The van der Waals surface area contributed by atoms with Gasteiger partial charge >= 0.3 is 0 Å². The molecule has 0 unspecified atom stereocenters. The summed E-state index contributed by atoms with van der Waals surface area (Å²) < 4.78 is 5.11. The first-order valence-corrected chi connectivity index (χ1v) is 7.37. The molecule has 3 rings (SSSR count). The molecule has 1 N–H and O–H groups in total. The molecule has 0 spiro atoms. The van der Waals surface area contributed by atoms with Crippen LogP contribution in [-0.2, 0) is 0 Å². The minimum atomic E-state index is -0.301. The van der Waals surface area contributed by atoms with Crippen molar-refractivity contribution in [3.05, 3.63) is 66.4 Å². The van der Waals surface area contributed by atoms with E-state index >= 15 is 0 Å². The lowest BCUT2D eigenvalue weighted by Crippen LogP contribution is -2.13. The van der Waals surface area contributed by atoms with Crippen molar-refractivity contribution in [2.75, 3.05) is 12.4 Å². The number of anilines is 1. The number of rotatable bonds is 4. The van der Waals surface area contributed by atoms with Crippen LogP contribution in [0.5, 0.6) is 5.75 Å². The quantitative estimate of drug-likeness (QED) is 0.799. The Hall–Kier alpha value is -3.28. The molecule has 0 aliphatic heterocycles. The predicted octanol–water partition coefficient (Wildman–Crippen LogP) is 3.11. The maximum atomic E-state index is 12.3. The van der Waals surface area contributed by atoms with Gasteiger partial charge in [-0.2, -0.15) is 0 Å². The molecule has 120 valence electrons. The maximum Gasteiger partial charge on any atom is 0.274 e. The molecular formula is C18H16N4O2. The van der Waals surface area contributed by atoms with E-state index in [0.717, 1.165) is 11.3 Å². The van der Waals surface area contributed by atoms with Crippen LogP contribution in [0.1, 0.15) is 16.3 Å². The van der Waals surface area contributed by atoms with E-state index in [2.05, 4.69) is 20.3 Å². The zero-order valence-electron chi connectivity index (χ0n) is 13.4. The van der Waals surface area contributed by atoms with E-state index in [9.17, 15) is 4.79 Å². The fraction of sp³-hybridized carbons (Fsp3) is 0.111. The van der Waals surface area contributed by atoms with Gasteiger partial charge in [0.2, 0.25) is 0 Å². The summed E-state index contributed by atoms with van der Waals surface area (Å²) in [6.07, 6.45) is 3.25. The normalized spacial score (nSPS) is 10.2. The summed E-state index contributed by atoms with van der Waals surface area (Å²) in [6, 6.07) is 12.6. The number of hydrogen-bond donors (Lipinski definition) is 1. The van der Waals surface area contributed by atoms with Crippen molar-refractivity contribution in [1.29, 1.82) is 0 Å². The zero-order chi connectivity index (χ0) is 16.9. The lowest BCUT2D eigenvalue weighted by Gasteiger charge is -2.08. The van der Waals surface area contributed by atoms with Gasteiger partial charge < -0.3 is 10.1 Å². The minimum absolute atomic E-state index is 0.289. The molecule has 0 bridgehead atoms. The first-order valence-electron chi connectivity index (χ1n) is 7.37. The monoisotopic (exact) mass is 320 g/mol. The summed E-state index contributed by atoms with van der Waals surface area (Å²) in [5.41, 5.74) is 2.66. The highest BCUT2D eigenvalue weighted by Gasteiger charge is 2.10. The van der Waals surface area contributed by atoms with Crippen LogP contribution >= 0.6 is 0 Å². The maximum absolute atomic E-state index is 12.3. The van der Waals surface area contributed by atoms with Gasteiger partial charge in [-0.25, -0.2) is 9.97 Å². The Balaban J connectivity index is 1.83. The Labute approximate surface area is 139 Å². The van der Waals surface area contributed by atoms with Crippen LogP contribution in [-0.4, -0.2) is 28.0 Å². The minimum Gasteiger partial charge on any atom is -0.497 e. The van der Waals surface area contributed by atoms with E-state index in [-0.39, 0.29) is 11.6 Å². The number of nitrogens with zero attached hydrogens (tertiary/aromatic N) is 3. The third kappa shape index (κ3) is 3.55. The average molecular weight is 320 g/mol. The molecule has 0 saturated heterocycles. The van der Waals surface area contributed by atoms with E-state index in [1.807, 2.05) is 37.3 Å². The van der Waals surface area contributed by atoms with Gasteiger partial charge in [0.05, 0.1) is 12.8 Å². The number of amides is 1. The summed E-state index contributed by atoms with van der Waals surface area (Å²) in [7, 11) is 1.55. The van der Waals surface area contributed by atoms with Crippen molar-refractivity contribution in [3.8, 4) is 17.0 Å². The molecule has 6 heteroatoms. The summed E-state index contributed by atoms with van der Waals surface area (Å²) >= 11 is 0. The van der Waals surface area contributed by atoms with Crippen LogP contribution in [0.4, 0.5) is 5.69 Å². The van der Waals surface area contributed by atoms with Gasteiger partial charge in [-0.1, -0.05) is 12.1 Å². The number of benzene rings is 1. The highest BCUT2D eigenvalue weighted by Crippen LogP contribution is 2.21. The third-order valence-corrected chi connectivity index (χ3v) is 3.39. The Morgan fingerprint density at radius 2 is 1.92 bits per heavy atom. The molecule has 1 amide bonds. The Kier molecular flexibility index (Phi) is 4.47. The summed E-state index contributed by atoms with van der Waals surface area (Å²) in [6.45, 7) is 1.84. The molecule has 0 fully saturated rings. The Morgan fingerprint density at radius 1 is 1.08 bits per heavy atom. The molecular weight excluding hydrogens is 304 g/mol. The SMILES string of the molecule is COc1ccnc(C(=O)Nc2cccc(-c3ccnc(C)n3)c2)c1. The van der Waals surface area contributed by atoms with Crippen molar-refractivity contribution in [1.82, 2.24) is 15.0 Å². The molecule has 1 aromatic carbocycles. The first kappa shape index (κ1) is 15.6. The fourth-order valence-corrected chi connectivity index (χ4v) is 2.23. The highest BCUT2D eigenvalue weighted by atomic mass is 16.5. The number of carbonyl (C=O) groups excluding carboxylic acids is 1. The number of aromatic nitrogens is 3. The van der Waals surface area contributed by atoms with Crippen LogP contribution in [0.3, 0.4) is 0 Å². The van der Waals surface area contributed by atoms with E-state index in [1.165, 1.54) is 6.20 Å². The number of methoxy groups -OCH3 is 1. The topological polar surface area (TPSA) is 77.0 Å². The van der Waals surface area contributed by atoms with Gasteiger partial charge in [-0.05, 0) is 31.2 Å². The van der Waals surface area contributed by atoms with Crippen molar-refractivity contribution in [2.24, 2.45) is 0 Å². The second-order valence-electron chi connectivity index (χ2n) is 5.10. The molecule has 6 nitrogen and oxygen atoms in total. The van der Waals surface area contributed by atoms with Crippen molar-refractivity contribution < 1.29 is 9.53 Å². The lowest BCUT2D eigenvalue weighted by molar-refractivity contribution is 0.102. The van der Waals surface area contributed by atoms with Gasteiger partial charge in [-0.3, -0.25) is 9.78 Å². The van der Waals surface area contributed by atoms with Crippen LogP contribution in [0.15, 0.2) is 54.9 Å². The van der Waals surface area contributed by atoms with Crippen molar-refractivity contribution >= 4 is 11.6 Å². The molecule has 24 heavy (non-hydrogen) atoms. The summed E-state index contributed by atoms with van der Waals surface area (Å²) in [5.74, 6) is 0.979. The van der Waals surface area contributed by atoms with Crippen LogP contribution in [0.25, 0.3) is 11.3 Å². The first-order chi connectivity index (χ1) is 11.7. The highest BCUT2D eigenvalue weighted by molar-refractivity contribution is 6.03. The number of hydrogen-bond acceptors (Lipinski definition) is 5. The number of ether oxygens (including phenoxy) is 1. The van der Waals surface area contributed by atoms with Crippen molar-refractivity contribution in [2.45, 2.75) is 6.92 Å². The number of carbonyl (C=O) groups is 1. The molecule has 0 radical (unpaired) electrons. The Bertz CT molecular complexity index is 880. The van der Waals surface area contributed by atoms with Gasteiger partial charge in [-0.15, -0.1) is 0 Å². The third-order valence-electron chi connectivity index (χ3n) is 3.39. The van der Waals surface area contributed by atoms with E-state index in [4.69, 9.17) is 4.74 Å². The molecule has 0 aliphatic carbocycles.